The van der Waals surface area contributed by atoms with Crippen molar-refractivity contribution >= 4 is 11.8 Å². The molecule has 5 nitrogen and oxygen atoms in total. The molecular formula is C14H26N4OS. The Kier molecular flexibility index (Phi) is 6.16. The first-order valence-corrected chi connectivity index (χ1v) is 8.70. The molecule has 1 aliphatic carbocycles. The molecule has 1 heterocycles. The van der Waals surface area contributed by atoms with E-state index in [-0.39, 0.29) is 5.69 Å². The molecule has 1 fully saturated rings. The zero-order valence-corrected chi connectivity index (χ0v) is 13.3. The second-order valence-electron chi connectivity index (χ2n) is 5.57. The quantitative estimate of drug-likeness (QED) is 0.758. The van der Waals surface area contributed by atoms with Gasteiger partial charge in [0.25, 0.3) is 0 Å². The summed E-state index contributed by atoms with van der Waals surface area (Å²) in [4.78, 5) is 11.7. The number of nitrogens with one attached hydrogen (secondary N) is 2. The maximum absolute atomic E-state index is 11.7. The predicted molar refractivity (Wildman–Crippen MR) is 83.3 cm³/mol. The average Bonchev–Trinajstić information content (AvgIpc) is 2.82. The van der Waals surface area contributed by atoms with E-state index in [1.54, 1.807) is 16.3 Å². The summed E-state index contributed by atoms with van der Waals surface area (Å²) in [7, 11) is 2.05. The van der Waals surface area contributed by atoms with E-state index in [1.807, 2.05) is 7.05 Å². The summed E-state index contributed by atoms with van der Waals surface area (Å²) < 4.78 is 1.75. The lowest BCUT2D eigenvalue weighted by Crippen LogP contribution is -2.37. The maximum Gasteiger partial charge on any atom is 0.343 e. The third-order valence-corrected chi connectivity index (χ3v) is 5.25. The molecule has 114 valence electrons. The standard InChI is InChI=1S/C14H26N4OS/c1-3-9-18-13(19)16-17-14(18)20-10-12(15-2)11-7-5-4-6-8-11/h11-12,15H,3-10H2,1-2H3,(H,16,19). The first kappa shape index (κ1) is 15.6. The number of thioether (sulfide) groups is 1. The van der Waals surface area contributed by atoms with Gasteiger partial charge in [-0.1, -0.05) is 37.9 Å². The summed E-state index contributed by atoms with van der Waals surface area (Å²) >= 11 is 1.69. The molecule has 1 unspecified atom stereocenters. The van der Waals surface area contributed by atoms with Gasteiger partial charge in [0.1, 0.15) is 0 Å². The van der Waals surface area contributed by atoms with Crippen LogP contribution in [-0.4, -0.2) is 33.6 Å². The highest BCUT2D eigenvalue weighted by Crippen LogP contribution is 2.29. The summed E-state index contributed by atoms with van der Waals surface area (Å²) in [6.45, 7) is 2.82. The number of hydrogen-bond acceptors (Lipinski definition) is 4. The average molecular weight is 298 g/mol. The topological polar surface area (TPSA) is 62.7 Å². The summed E-state index contributed by atoms with van der Waals surface area (Å²) in [5.74, 6) is 1.75. The zero-order chi connectivity index (χ0) is 14.4. The molecule has 1 atom stereocenters. The molecule has 2 rings (SSSR count). The molecule has 1 aliphatic rings. The molecule has 0 aliphatic heterocycles. The third kappa shape index (κ3) is 3.88. The van der Waals surface area contributed by atoms with Crippen molar-refractivity contribution < 1.29 is 0 Å². The van der Waals surface area contributed by atoms with Crippen molar-refractivity contribution in [1.82, 2.24) is 20.1 Å². The fraction of sp³-hybridized carbons (Fsp3) is 0.857. The van der Waals surface area contributed by atoms with Gasteiger partial charge in [0, 0.05) is 18.3 Å². The highest BCUT2D eigenvalue weighted by molar-refractivity contribution is 7.99. The van der Waals surface area contributed by atoms with Crippen molar-refractivity contribution in [2.75, 3.05) is 12.8 Å². The smallest absolute Gasteiger partial charge is 0.316 e. The normalized spacial score (nSPS) is 18.3. The summed E-state index contributed by atoms with van der Waals surface area (Å²) in [5.41, 5.74) is -0.0898. The van der Waals surface area contributed by atoms with E-state index >= 15 is 0 Å². The van der Waals surface area contributed by atoms with Crippen LogP contribution in [0, 0.1) is 5.92 Å². The van der Waals surface area contributed by atoms with Crippen molar-refractivity contribution in [3.8, 4) is 0 Å². The van der Waals surface area contributed by atoms with Crippen LogP contribution < -0.4 is 11.0 Å². The second kappa shape index (κ2) is 7.88. The van der Waals surface area contributed by atoms with E-state index in [0.717, 1.165) is 29.8 Å². The Bertz CT molecular complexity index is 450. The van der Waals surface area contributed by atoms with Gasteiger partial charge in [0.15, 0.2) is 5.16 Å². The van der Waals surface area contributed by atoms with Crippen LogP contribution in [0.2, 0.25) is 0 Å². The summed E-state index contributed by atoms with van der Waals surface area (Å²) in [6.07, 6.45) is 7.70. The van der Waals surface area contributed by atoms with Gasteiger partial charge in [-0.05, 0) is 32.2 Å². The highest BCUT2D eigenvalue weighted by Gasteiger charge is 2.23. The van der Waals surface area contributed by atoms with E-state index in [9.17, 15) is 4.79 Å². The molecule has 20 heavy (non-hydrogen) atoms. The third-order valence-electron chi connectivity index (χ3n) is 4.15. The van der Waals surface area contributed by atoms with E-state index in [1.165, 1.54) is 32.1 Å². The minimum Gasteiger partial charge on any atom is -0.316 e. The van der Waals surface area contributed by atoms with Crippen LogP contribution >= 0.6 is 11.8 Å². The van der Waals surface area contributed by atoms with Crippen LogP contribution in [0.3, 0.4) is 0 Å². The SMILES string of the molecule is CCCn1c(SCC(NC)C2CCCCC2)n[nH]c1=O. The predicted octanol–water partition coefficient (Wildman–Crippen LogP) is 2.24. The first-order chi connectivity index (χ1) is 9.76. The Balaban J connectivity index is 1.94. The van der Waals surface area contributed by atoms with Crippen LogP contribution in [0.15, 0.2) is 9.95 Å². The lowest BCUT2D eigenvalue weighted by Gasteiger charge is -2.29. The zero-order valence-electron chi connectivity index (χ0n) is 12.5. The molecule has 1 aromatic rings. The minimum absolute atomic E-state index is 0.0898. The molecule has 0 saturated heterocycles. The Morgan fingerprint density at radius 2 is 2.20 bits per heavy atom. The first-order valence-electron chi connectivity index (χ1n) is 7.71. The lowest BCUT2D eigenvalue weighted by molar-refractivity contribution is 0.294. The number of aromatic nitrogens is 3. The maximum atomic E-state index is 11.7. The Labute approximate surface area is 124 Å². The fourth-order valence-corrected chi connectivity index (χ4v) is 4.20. The molecule has 2 N–H and O–H groups in total. The molecular weight excluding hydrogens is 272 g/mol. The van der Waals surface area contributed by atoms with Crippen molar-refractivity contribution in [2.45, 2.75) is 63.2 Å². The molecule has 0 radical (unpaired) electrons. The van der Waals surface area contributed by atoms with E-state index in [4.69, 9.17) is 0 Å². The number of H-pyrrole nitrogens is 1. The number of rotatable bonds is 7. The number of aromatic amines is 1. The number of hydrogen-bond donors (Lipinski definition) is 2. The Hall–Kier alpha value is -0.750. The van der Waals surface area contributed by atoms with Crippen LogP contribution in [0.4, 0.5) is 0 Å². The minimum atomic E-state index is -0.0898. The molecule has 6 heteroatoms. The van der Waals surface area contributed by atoms with Crippen LogP contribution in [0.1, 0.15) is 45.4 Å². The lowest BCUT2D eigenvalue weighted by atomic mass is 9.84. The summed E-state index contributed by atoms with van der Waals surface area (Å²) in [5, 5.41) is 11.0. The van der Waals surface area contributed by atoms with Gasteiger partial charge < -0.3 is 5.32 Å². The van der Waals surface area contributed by atoms with E-state index in [0.29, 0.717) is 6.04 Å². The number of nitrogens with zero attached hydrogens (tertiary/aromatic N) is 2. The second-order valence-corrected chi connectivity index (χ2v) is 6.55. The van der Waals surface area contributed by atoms with Gasteiger partial charge in [-0.3, -0.25) is 4.57 Å². The molecule has 0 aromatic carbocycles. The highest BCUT2D eigenvalue weighted by atomic mass is 32.2. The van der Waals surface area contributed by atoms with Crippen LogP contribution in [0.25, 0.3) is 0 Å². The van der Waals surface area contributed by atoms with Gasteiger partial charge in [-0.25, -0.2) is 9.89 Å². The van der Waals surface area contributed by atoms with E-state index < -0.39 is 0 Å². The van der Waals surface area contributed by atoms with Gasteiger partial charge in [0.2, 0.25) is 0 Å². The van der Waals surface area contributed by atoms with Crippen molar-refractivity contribution in [3.05, 3.63) is 10.5 Å². The Morgan fingerprint density at radius 1 is 1.45 bits per heavy atom. The van der Waals surface area contributed by atoms with E-state index in [2.05, 4.69) is 22.4 Å². The molecule has 1 saturated carbocycles. The Morgan fingerprint density at radius 3 is 2.85 bits per heavy atom. The molecule has 0 amide bonds. The summed E-state index contributed by atoms with van der Waals surface area (Å²) in [6, 6.07) is 0.516. The van der Waals surface area contributed by atoms with Crippen LogP contribution in [-0.2, 0) is 6.54 Å². The molecule has 1 aromatic heterocycles. The van der Waals surface area contributed by atoms with Crippen molar-refractivity contribution in [1.29, 1.82) is 0 Å². The van der Waals surface area contributed by atoms with Gasteiger partial charge >= 0.3 is 5.69 Å². The molecule has 0 bridgehead atoms. The van der Waals surface area contributed by atoms with Gasteiger partial charge in [0.05, 0.1) is 0 Å². The fourth-order valence-electron chi connectivity index (χ4n) is 2.99. The van der Waals surface area contributed by atoms with Crippen molar-refractivity contribution in [2.24, 2.45) is 5.92 Å². The molecule has 0 spiro atoms. The van der Waals surface area contributed by atoms with Crippen molar-refractivity contribution in [3.63, 3.8) is 0 Å². The van der Waals surface area contributed by atoms with Gasteiger partial charge in [-0.15, -0.1) is 5.10 Å². The van der Waals surface area contributed by atoms with Crippen LogP contribution in [0.5, 0.6) is 0 Å². The monoisotopic (exact) mass is 298 g/mol. The largest absolute Gasteiger partial charge is 0.343 e. The van der Waals surface area contributed by atoms with Gasteiger partial charge in [-0.2, -0.15) is 0 Å².